The number of carbonyl (C=O) groups excluding carboxylic acids is 2. The lowest BCUT2D eigenvalue weighted by Crippen LogP contribution is -2.74. The zero-order valence-electron chi connectivity index (χ0n) is 24.7. The summed E-state index contributed by atoms with van der Waals surface area (Å²) in [6, 6.07) is 1.63. The molecular weight excluding hydrogens is 856 g/mol. The number of hydrogen-bond donors (Lipinski definition) is 2. The maximum atomic E-state index is 14.9. The summed E-state index contributed by atoms with van der Waals surface area (Å²) in [5.41, 5.74) is -3.97. The molecule has 1 heterocycles. The molecule has 0 spiro atoms. The van der Waals surface area contributed by atoms with Crippen LogP contribution in [-0.2, 0) is 16.0 Å². The Labute approximate surface area is 286 Å². The van der Waals surface area contributed by atoms with Crippen LogP contribution in [-0.4, -0.2) is 66.5 Å². The van der Waals surface area contributed by atoms with E-state index >= 15 is 0 Å². The maximum Gasteiger partial charge on any atom is 0.460 e. The second-order valence-corrected chi connectivity index (χ2v) is 11.9. The number of carbonyl (C=O) groups is 2. The van der Waals surface area contributed by atoms with Crippen LogP contribution in [0.25, 0.3) is 10.8 Å². The van der Waals surface area contributed by atoms with Crippen molar-refractivity contribution in [2.24, 2.45) is 0 Å². The van der Waals surface area contributed by atoms with Crippen molar-refractivity contribution in [3.05, 3.63) is 76.1 Å². The van der Waals surface area contributed by atoms with Gasteiger partial charge in [-0.15, -0.1) is 0 Å². The van der Waals surface area contributed by atoms with E-state index in [9.17, 15) is 115 Å². The molecule has 0 unspecified atom stereocenters. The van der Waals surface area contributed by atoms with Gasteiger partial charge in [0.2, 0.25) is 5.82 Å². The number of hydrogen-bond acceptors (Lipinski definition) is 4. The molecule has 0 saturated carbocycles. The van der Waals surface area contributed by atoms with Crippen LogP contribution in [0.4, 0.5) is 96.6 Å². The molecule has 306 valence electrons. The molecule has 0 bridgehead atoms. The van der Waals surface area contributed by atoms with E-state index in [0.29, 0.717) is 12.1 Å². The first-order chi connectivity index (χ1) is 24.3. The standard InChI is InChI=1S/C20H6F17NO2.C6HF5O3S/c21-13(22,9-5-4-8-10-6(9)2-1-3-7(10)11(39)38-12(8)40)14(23,24)15(25,26)16(27,28)17(29,30)18(31,32)19(33,34)20(35,36)37;7-1-2(8)4(10)6(15(12,13)14)5(11)3(1)9/h1-5H,(H,38,39,40);(H,12,13,14). The Morgan fingerprint density at radius 2 is 0.855 bits per heavy atom. The van der Waals surface area contributed by atoms with Gasteiger partial charge in [0, 0.05) is 22.1 Å². The highest BCUT2D eigenvalue weighted by molar-refractivity contribution is 7.85. The summed E-state index contributed by atoms with van der Waals surface area (Å²) in [6.07, 6.45) is -7.84. The number of nitrogens with one attached hydrogen (secondary N) is 1. The molecule has 0 aromatic heterocycles. The zero-order chi connectivity index (χ0) is 43.2. The van der Waals surface area contributed by atoms with Crippen molar-refractivity contribution in [2.45, 2.75) is 52.5 Å². The number of amides is 2. The monoisotopic (exact) mass is 863 g/mol. The molecule has 29 heteroatoms. The van der Waals surface area contributed by atoms with Crippen LogP contribution >= 0.6 is 0 Å². The van der Waals surface area contributed by atoms with E-state index in [2.05, 4.69) is 0 Å². The normalized spacial score (nSPS) is 15.2. The fraction of sp³-hybridized carbons (Fsp3) is 0.308. The summed E-state index contributed by atoms with van der Waals surface area (Å²) < 4.78 is 323. The van der Waals surface area contributed by atoms with Crippen LogP contribution in [0.2, 0.25) is 0 Å². The molecule has 4 rings (SSSR count). The highest BCUT2D eigenvalue weighted by atomic mass is 32.2. The van der Waals surface area contributed by atoms with Crippen molar-refractivity contribution in [1.29, 1.82) is 0 Å². The Balaban J connectivity index is 0.000000452. The fourth-order valence-electron chi connectivity index (χ4n) is 4.44. The van der Waals surface area contributed by atoms with Gasteiger partial charge in [-0.1, -0.05) is 18.2 Å². The molecule has 0 radical (unpaired) electrons. The van der Waals surface area contributed by atoms with E-state index in [0.717, 1.165) is 6.07 Å². The minimum Gasteiger partial charge on any atom is -0.288 e. The summed E-state index contributed by atoms with van der Waals surface area (Å²) in [6.45, 7) is 0. The first kappa shape index (κ1) is 44.8. The van der Waals surface area contributed by atoms with E-state index in [1.807, 2.05) is 0 Å². The van der Waals surface area contributed by atoms with E-state index in [4.69, 9.17) is 4.55 Å². The van der Waals surface area contributed by atoms with E-state index in [-0.39, 0.29) is 12.1 Å². The summed E-state index contributed by atoms with van der Waals surface area (Å²) in [5, 5.41) is -0.719. The number of benzene rings is 3. The Hall–Kier alpha value is -4.57. The molecule has 1 aliphatic heterocycles. The van der Waals surface area contributed by atoms with Crippen LogP contribution in [0.15, 0.2) is 35.2 Å². The molecule has 3 aromatic rings. The van der Waals surface area contributed by atoms with Gasteiger partial charge in [-0.3, -0.25) is 19.5 Å². The Morgan fingerprint density at radius 3 is 1.25 bits per heavy atom. The van der Waals surface area contributed by atoms with E-state index in [1.165, 1.54) is 0 Å². The molecular formula is C26H7F22NO5S. The Bertz CT molecular complexity index is 2150. The van der Waals surface area contributed by atoms with Gasteiger partial charge >= 0.3 is 57.8 Å². The van der Waals surface area contributed by atoms with Gasteiger partial charge in [0.05, 0.1) is 0 Å². The molecule has 0 saturated heterocycles. The van der Waals surface area contributed by atoms with Crippen molar-refractivity contribution in [3.63, 3.8) is 0 Å². The predicted octanol–water partition coefficient (Wildman–Crippen LogP) is 8.82. The lowest BCUT2D eigenvalue weighted by Gasteiger charge is -2.43. The third-order valence-corrected chi connectivity index (χ3v) is 8.12. The summed E-state index contributed by atoms with van der Waals surface area (Å²) in [5.74, 6) is -72.9. The Morgan fingerprint density at radius 1 is 0.491 bits per heavy atom. The van der Waals surface area contributed by atoms with Crippen LogP contribution in [0.5, 0.6) is 0 Å². The highest BCUT2D eigenvalue weighted by Gasteiger charge is 2.95. The van der Waals surface area contributed by atoms with Crippen LogP contribution < -0.4 is 5.32 Å². The SMILES string of the molecule is O=C1NC(=O)c2ccc(C(F)(F)C(F)(F)C(F)(F)C(F)(F)C(F)(F)C(F)(F)C(F)(F)C(F)(F)F)c3cccc1c23.O=S(=O)(O)c1c(F)c(F)c(F)c(F)c1F. The smallest absolute Gasteiger partial charge is 0.288 e. The number of halogens is 22. The highest BCUT2D eigenvalue weighted by Crippen LogP contribution is 2.65. The molecule has 55 heavy (non-hydrogen) atoms. The first-order valence-electron chi connectivity index (χ1n) is 12.9. The molecule has 3 aromatic carbocycles. The average molecular weight is 863 g/mol. The predicted molar refractivity (Wildman–Crippen MR) is 131 cm³/mol. The topological polar surface area (TPSA) is 101 Å². The quantitative estimate of drug-likeness (QED) is 0.0776. The van der Waals surface area contributed by atoms with Gasteiger partial charge in [0.15, 0.2) is 28.2 Å². The fourth-order valence-corrected chi connectivity index (χ4v) is 5.07. The minimum absolute atomic E-state index is 0.176. The van der Waals surface area contributed by atoms with Gasteiger partial charge in [0.25, 0.3) is 11.8 Å². The van der Waals surface area contributed by atoms with E-state index in [1.54, 1.807) is 5.32 Å². The summed E-state index contributed by atoms with van der Waals surface area (Å²) in [4.78, 5) is 21.5. The van der Waals surface area contributed by atoms with Gasteiger partial charge in [-0.25, -0.2) is 22.0 Å². The van der Waals surface area contributed by atoms with Gasteiger partial charge in [-0.2, -0.15) is 83.1 Å². The molecule has 0 fully saturated rings. The molecule has 0 atom stereocenters. The number of rotatable bonds is 8. The van der Waals surface area contributed by atoms with Crippen molar-refractivity contribution < 1.29 is 119 Å². The lowest BCUT2D eigenvalue weighted by atomic mass is 9.84. The number of alkyl halides is 17. The molecule has 2 amide bonds. The molecule has 0 aliphatic carbocycles. The summed E-state index contributed by atoms with van der Waals surface area (Å²) in [7, 11) is -5.52. The zero-order valence-corrected chi connectivity index (χ0v) is 25.5. The van der Waals surface area contributed by atoms with Crippen LogP contribution in [0.3, 0.4) is 0 Å². The second-order valence-electron chi connectivity index (χ2n) is 10.6. The van der Waals surface area contributed by atoms with Crippen LogP contribution in [0.1, 0.15) is 26.3 Å². The molecule has 6 nitrogen and oxygen atoms in total. The lowest BCUT2D eigenvalue weighted by molar-refractivity contribution is -0.462. The van der Waals surface area contributed by atoms with Gasteiger partial charge < -0.3 is 0 Å². The third-order valence-electron chi connectivity index (χ3n) is 7.24. The Kier molecular flexibility index (Phi) is 10.6. The van der Waals surface area contributed by atoms with Gasteiger partial charge in [-0.05, 0) is 17.5 Å². The van der Waals surface area contributed by atoms with Crippen molar-refractivity contribution in [1.82, 2.24) is 5.32 Å². The van der Waals surface area contributed by atoms with Crippen molar-refractivity contribution in [3.8, 4) is 0 Å². The average Bonchev–Trinajstić information content (AvgIpc) is 3.03. The first-order valence-corrected chi connectivity index (χ1v) is 14.4. The number of imide groups is 1. The minimum atomic E-state index is -8.74. The van der Waals surface area contributed by atoms with Crippen molar-refractivity contribution in [2.75, 3.05) is 0 Å². The third kappa shape index (κ3) is 6.25. The molecule has 1 aliphatic rings. The molecule has 2 N–H and O–H groups in total. The van der Waals surface area contributed by atoms with E-state index < -0.39 is 131 Å². The van der Waals surface area contributed by atoms with Crippen molar-refractivity contribution >= 4 is 32.7 Å². The maximum absolute atomic E-state index is 14.9. The largest absolute Gasteiger partial charge is 0.460 e. The second kappa shape index (κ2) is 13.0. The van der Waals surface area contributed by atoms with Crippen LogP contribution in [0, 0.1) is 29.1 Å². The van der Waals surface area contributed by atoms with Gasteiger partial charge in [0.1, 0.15) is 0 Å². The summed E-state index contributed by atoms with van der Waals surface area (Å²) >= 11 is 0.